The zero-order chi connectivity index (χ0) is 18.8. The Bertz CT molecular complexity index is 362. The molecule has 0 aromatic heterocycles. The number of rotatable bonds is 13. The fraction of sp³-hybridized carbons (Fsp3) is 0.957. The first-order chi connectivity index (χ1) is 11.9. The lowest BCUT2D eigenvalue weighted by Crippen LogP contribution is -2.34. The Morgan fingerprint density at radius 3 is 1.80 bits per heavy atom. The number of unbranched alkanes of at least 4 members (excludes halogenated alkanes) is 2. The quantitative estimate of drug-likeness (QED) is 0.298. The SMILES string of the molecule is CCCCC(CC)CP(=O)(CC(CC)CCCC)C1(C)[CH]CCCC1. The third-order valence-electron chi connectivity index (χ3n) is 6.84. The lowest BCUT2D eigenvalue weighted by Gasteiger charge is -2.43. The average molecular weight is 370 g/mol. The van der Waals surface area contributed by atoms with Crippen molar-refractivity contribution in [2.75, 3.05) is 12.3 Å². The Morgan fingerprint density at radius 1 is 0.920 bits per heavy atom. The number of hydrogen-bond acceptors (Lipinski definition) is 1. The summed E-state index contributed by atoms with van der Waals surface area (Å²) < 4.78 is 14.5. The van der Waals surface area contributed by atoms with E-state index in [1.165, 1.54) is 77.0 Å². The van der Waals surface area contributed by atoms with Crippen LogP contribution < -0.4 is 0 Å². The van der Waals surface area contributed by atoms with Crippen molar-refractivity contribution in [3.63, 3.8) is 0 Å². The molecule has 1 radical (unpaired) electrons. The topological polar surface area (TPSA) is 17.1 Å². The van der Waals surface area contributed by atoms with Crippen LogP contribution in [0.1, 0.15) is 112 Å². The maximum Gasteiger partial charge on any atom is 0.0941 e. The Kier molecular flexibility index (Phi) is 11.0. The molecule has 0 amide bonds. The Morgan fingerprint density at radius 2 is 1.44 bits per heavy atom. The van der Waals surface area contributed by atoms with Crippen LogP contribution in [0, 0.1) is 18.3 Å². The molecule has 1 rings (SSSR count). The van der Waals surface area contributed by atoms with Gasteiger partial charge in [0.25, 0.3) is 0 Å². The summed E-state index contributed by atoms with van der Waals surface area (Å²) >= 11 is 0. The van der Waals surface area contributed by atoms with Gasteiger partial charge in [-0.1, -0.05) is 98.8 Å². The second-order valence-electron chi connectivity index (χ2n) is 8.89. The minimum absolute atomic E-state index is 0.0184. The molecule has 3 unspecified atom stereocenters. The zero-order valence-corrected chi connectivity index (χ0v) is 18.9. The van der Waals surface area contributed by atoms with Crippen LogP contribution in [0.25, 0.3) is 0 Å². The van der Waals surface area contributed by atoms with E-state index in [4.69, 9.17) is 0 Å². The van der Waals surface area contributed by atoms with Crippen LogP contribution in [0.5, 0.6) is 0 Å². The van der Waals surface area contributed by atoms with Gasteiger partial charge in [0.1, 0.15) is 0 Å². The van der Waals surface area contributed by atoms with Crippen molar-refractivity contribution in [2.45, 2.75) is 117 Å². The highest BCUT2D eigenvalue weighted by Gasteiger charge is 2.46. The summed E-state index contributed by atoms with van der Waals surface area (Å²) in [6, 6.07) is 0. The van der Waals surface area contributed by atoms with Crippen LogP contribution in [-0.4, -0.2) is 17.5 Å². The molecule has 0 heterocycles. The predicted octanol–water partition coefficient (Wildman–Crippen LogP) is 8.32. The minimum Gasteiger partial charge on any atom is -0.323 e. The van der Waals surface area contributed by atoms with Crippen molar-refractivity contribution < 1.29 is 4.57 Å². The van der Waals surface area contributed by atoms with E-state index in [1.54, 1.807) is 0 Å². The molecule has 25 heavy (non-hydrogen) atoms. The van der Waals surface area contributed by atoms with E-state index in [-0.39, 0.29) is 5.16 Å². The normalized spacial score (nSPS) is 22.3. The van der Waals surface area contributed by atoms with Gasteiger partial charge in [-0.25, -0.2) is 0 Å². The van der Waals surface area contributed by atoms with E-state index in [1.807, 2.05) is 0 Å². The van der Waals surface area contributed by atoms with Crippen molar-refractivity contribution in [2.24, 2.45) is 11.8 Å². The first-order valence-corrected chi connectivity index (χ1v) is 13.4. The van der Waals surface area contributed by atoms with Crippen LogP contribution in [-0.2, 0) is 4.57 Å². The van der Waals surface area contributed by atoms with Crippen molar-refractivity contribution in [3.05, 3.63) is 6.42 Å². The standard InChI is InChI=1S/C23H46OP/c1-6-10-15-21(8-3)19-25(24,20-22(9-4)16-11-7-2)23(5)17-13-12-14-18-23/h17,21-22H,6-16,18-20H2,1-5H3. The minimum atomic E-state index is -2.19. The van der Waals surface area contributed by atoms with Crippen molar-refractivity contribution >= 4 is 7.14 Å². The van der Waals surface area contributed by atoms with Gasteiger partial charge in [-0.15, -0.1) is 0 Å². The van der Waals surface area contributed by atoms with E-state index in [0.717, 1.165) is 12.3 Å². The first-order valence-electron chi connectivity index (χ1n) is 11.4. The van der Waals surface area contributed by atoms with Crippen LogP contribution in [0.4, 0.5) is 0 Å². The molecular weight excluding hydrogens is 323 g/mol. The maximum absolute atomic E-state index is 14.5. The maximum atomic E-state index is 14.5. The molecule has 1 aliphatic carbocycles. The molecule has 0 aliphatic heterocycles. The van der Waals surface area contributed by atoms with Gasteiger partial charge in [-0.2, -0.15) is 0 Å². The third kappa shape index (κ3) is 7.04. The Hall–Kier alpha value is 0.230. The summed E-state index contributed by atoms with van der Waals surface area (Å²) in [5.41, 5.74) is 0. The molecule has 1 saturated carbocycles. The monoisotopic (exact) mass is 369 g/mol. The van der Waals surface area contributed by atoms with E-state index in [2.05, 4.69) is 41.0 Å². The van der Waals surface area contributed by atoms with E-state index in [9.17, 15) is 4.57 Å². The summed E-state index contributed by atoms with van der Waals surface area (Å²) in [4.78, 5) is 0. The highest BCUT2D eigenvalue weighted by Crippen LogP contribution is 2.65. The summed E-state index contributed by atoms with van der Waals surface area (Å²) in [6.07, 6.45) is 19.5. The molecule has 149 valence electrons. The molecule has 0 aromatic rings. The van der Waals surface area contributed by atoms with Crippen molar-refractivity contribution in [3.8, 4) is 0 Å². The van der Waals surface area contributed by atoms with Crippen LogP contribution in [0.3, 0.4) is 0 Å². The Labute approximate surface area is 159 Å². The zero-order valence-electron chi connectivity index (χ0n) is 18.0. The molecule has 0 saturated heterocycles. The van der Waals surface area contributed by atoms with Crippen LogP contribution in [0.2, 0.25) is 0 Å². The van der Waals surface area contributed by atoms with Gasteiger partial charge in [-0.3, -0.25) is 0 Å². The molecule has 3 atom stereocenters. The second kappa shape index (κ2) is 11.8. The second-order valence-corrected chi connectivity index (χ2v) is 12.4. The van der Waals surface area contributed by atoms with Crippen LogP contribution >= 0.6 is 7.14 Å². The largest absolute Gasteiger partial charge is 0.323 e. The van der Waals surface area contributed by atoms with Gasteiger partial charge in [0.05, 0.1) is 7.14 Å². The molecule has 1 fully saturated rings. The van der Waals surface area contributed by atoms with Gasteiger partial charge < -0.3 is 4.57 Å². The molecule has 2 heteroatoms. The van der Waals surface area contributed by atoms with Gasteiger partial charge >= 0.3 is 0 Å². The fourth-order valence-corrected chi connectivity index (χ4v) is 9.23. The molecule has 1 nitrogen and oxygen atoms in total. The first kappa shape index (κ1) is 23.3. The summed E-state index contributed by atoms with van der Waals surface area (Å²) in [5, 5.41) is 0.0184. The molecule has 0 N–H and O–H groups in total. The number of hydrogen-bond donors (Lipinski definition) is 0. The van der Waals surface area contributed by atoms with Gasteiger partial charge in [0.2, 0.25) is 0 Å². The van der Waals surface area contributed by atoms with Crippen molar-refractivity contribution in [1.29, 1.82) is 0 Å². The third-order valence-corrected chi connectivity index (χ3v) is 11.3. The summed E-state index contributed by atoms with van der Waals surface area (Å²) in [7, 11) is -2.19. The average Bonchev–Trinajstić information content (AvgIpc) is 2.62. The predicted molar refractivity (Wildman–Crippen MR) is 115 cm³/mol. The Balaban J connectivity index is 2.96. The van der Waals surface area contributed by atoms with Gasteiger partial charge in [-0.05, 0) is 31.1 Å². The molecular formula is C23H46OP. The molecule has 1 aliphatic rings. The fourth-order valence-electron chi connectivity index (χ4n) is 4.67. The molecule has 0 bridgehead atoms. The van der Waals surface area contributed by atoms with E-state index >= 15 is 0 Å². The summed E-state index contributed by atoms with van der Waals surface area (Å²) in [6.45, 7) is 11.5. The van der Waals surface area contributed by atoms with Gasteiger partial charge in [0, 0.05) is 17.5 Å². The lowest BCUT2D eigenvalue weighted by molar-refractivity contribution is 0.427. The van der Waals surface area contributed by atoms with Gasteiger partial charge in [0.15, 0.2) is 0 Å². The van der Waals surface area contributed by atoms with Crippen molar-refractivity contribution in [1.82, 2.24) is 0 Å². The van der Waals surface area contributed by atoms with E-state index < -0.39 is 7.14 Å². The molecule has 0 aromatic carbocycles. The van der Waals surface area contributed by atoms with E-state index in [0.29, 0.717) is 11.8 Å². The van der Waals surface area contributed by atoms with Crippen LogP contribution in [0.15, 0.2) is 0 Å². The lowest BCUT2D eigenvalue weighted by atomic mass is 9.90. The highest BCUT2D eigenvalue weighted by molar-refractivity contribution is 7.65. The molecule has 0 spiro atoms. The summed E-state index contributed by atoms with van der Waals surface area (Å²) in [5.74, 6) is 1.34. The highest BCUT2D eigenvalue weighted by atomic mass is 31.2. The smallest absolute Gasteiger partial charge is 0.0941 e.